The maximum atomic E-state index is 13.2. The number of nitrogens with one attached hydrogen (secondary N) is 1. The number of hydrogen-bond acceptors (Lipinski definition) is 1. The third-order valence-corrected chi connectivity index (χ3v) is 3.96. The van der Waals surface area contributed by atoms with Crippen molar-refractivity contribution in [1.29, 1.82) is 0 Å². The molecule has 0 fully saturated rings. The average molecular weight is 307 g/mol. The molecule has 3 heteroatoms. The van der Waals surface area contributed by atoms with Gasteiger partial charge in [0.2, 0.25) is 0 Å². The highest BCUT2D eigenvalue weighted by molar-refractivity contribution is 5.97. The van der Waals surface area contributed by atoms with Crippen LogP contribution in [-0.2, 0) is 0 Å². The molecule has 0 amide bonds. The van der Waals surface area contributed by atoms with Crippen LogP contribution in [0, 0.1) is 5.82 Å². The number of carbonyl (C=O) groups excluding carboxylic acids is 1. The molecule has 0 bridgehead atoms. The van der Waals surface area contributed by atoms with E-state index in [1.54, 1.807) is 12.1 Å². The highest BCUT2D eigenvalue weighted by Gasteiger charge is 2.21. The second kappa shape index (κ2) is 6.21. The van der Waals surface area contributed by atoms with Gasteiger partial charge in [0.25, 0.3) is 0 Å². The van der Waals surface area contributed by atoms with Crippen molar-refractivity contribution < 1.29 is 9.18 Å². The number of H-pyrrole nitrogens is 1. The third-order valence-electron chi connectivity index (χ3n) is 3.96. The zero-order chi connectivity index (χ0) is 16.4. The number of aromatic amines is 1. The van der Waals surface area contributed by atoms with Gasteiger partial charge in [0.1, 0.15) is 5.82 Å². The van der Waals surface area contributed by atoms with E-state index in [1.165, 1.54) is 12.1 Å². The molecule has 1 aromatic heterocycles. The molecule has 0 saturated heterocycles. The smallest absolute Gasteiger partial charge is 0.152 e. The Labute approximate surface area is 135 Å². The molecule has 0 aliphatic heterocycles. The lowest BCUT2D eigenvalue weighted by Crippen LogP contribution is -1.93. The summed E-state index contributed by atoms with van der Waals surface area (Å²) in [5.74, 6) is -0.0897. The molecule has 1 N–H and O–H groups in total. The molecule has 0 aliphatic carbocycles. The molecule has 116 valence electrons. The van der Waals surface area contributed by atoms with Gasteiger partial charge in [0.05, 0.1) is 5.69 Å². The molecule has 0 atom stereocenters. The minimum absolute atomic E-state index is 0.187. The van der Waals surface area contributed by atoms with E-state index in [9.17, 15) is 9.18 Å². The van der Waals surface area contributed by atoms with E-state index >= 15 is 0 Å². The van der Waals surface area contributed by atoms with Crippen LogP contribution in [0.15, 0.2) is 54.6 Å². The second-order valence-corrected chi connectivity index (χ2v) is 5.85. The SMILES string of the molecule is CC(C)c1[nH]c(-c2ccc(F)cc2)c(-c2ccccc2)c1C=O. The topological polar surface area (TPSA) is 32.9 Å². The Balaban J connectivity index is 2.30. The number of carbonyl (C=O) groups is 1. The second-order valence-electron chi connectivity index (χ2n) is 5.85. The maximum absolute atomic E-state index is 13.2. The fourth-order valence-electron chi connectivity index (χ4n) is 2.85. The predicted octanol–water partition coefficient (Wildman–Crippen LogP) is 5.42. The van der Waals surface area contributed by atoms with Crippen molar-refractivity contribution in [3.8, 4) is 22.4 Å². The van der Waals surface area contributed by atoms with Crippen LogP contribution >= 0.6 is 0 Å². The van der Waals surface area contributed by atoms with Crippen LogP contribution in [0.1, 0.15) is 35.8 Å². The molecule has 0 aliphatic rings. The first kappa shape index (κ1) is 15.2. The van der Waals surface area contributed by atoms with Crippen molar-refractivity contribution in [3.63, 3.8) is 0 Å². The van der Waals surface area contributed by atoms with Crippen molar-refractivity contribution in [1.82, 2.24) is 4.98 Å². The van der Waals surface area contributed by atoms with E-state index in [0.717, 1.165) is 34.4 Å². The predicted molar refractivity (Wildman–Crippen MR) is 91.1 cm³/mol. The van der Waals surface area contributed by atoms with Crippen LogP contribution in [0.25, 0.3) is 22.4 Å². The summed E-state index contributed by atoms with van der Waals surface area (Å²) in [6.07, 6.45) is 0.904. The van der Waals surface area contributed by atoms with Crippen molar-refractivity contribution in [2.75, 3.05) is 0 Å². The van der Waals surface area contributed by atoms with E-state index in [-0.39, 0.29) is 11.7 Å². The molecule has 2 aromatic carbocycles. The van der Waals surface area contributed by atoms with Crippen LogP contribution < -0.4 is 0 Å². The van der Waals surface area contributed by atoms with E-state index in [2.05, 4.69) is 4.98 Å². The van der Waals surface area contributed by atoms with Gasteiger partial charge in [0, 0.05) is 16.8 Å². The maximum Gasteiger partial charge on any atom is 0.152 e. The molecule has 3 rings (SSSR count). The van der Waals surface area contributed by atoms with Gasteiger partial charge in [-0.1, -0.05) is 44.2 Å². The number of aromatic nitrogens is 1. The summed E-state index contributed by atoms with van der Waals surface area (Å²) in [5, 5.41) is 0. The normalized spacial score (nSPS) is 11.0. The minimum Gasteiger partial charge on any atom is -0.357 e. The van der Waals surface area contributed by atoms with Gasteiger partial charge in [-0.2, -0.15) is 0 Å². The summed E-state index contributed by atoms with van der Waals surface area (Å²) < 4.78 is 13.2. The van der Waals surface area contributed by atoms with Crippen LogP contribution in [0.3, 0.4) is 0 Å². The monoisotopic (exact) mass is 307 g/mol. The fourth-order valence-corrected chi connectivity index (χ4v) is 2.85. The molecule has 2 nitrogen and oxygen atoms in total. The van der Waals surface area contributed by atoms with Crippen LogP contribution in [0.2, 0.25) is 0 Å². The highest BCUT2D eigenvalue weighted by Crippen LogP contribution is 2.38. The lowest BCUT2D eigenvalue weighted by molar-refractivity contribution is 0.112. The fraction of sp³-hybridized carbons (Fsp3) is 0.150. The molecular formula is C20H18FNO. The number of hydrogen-bond donors (Lipinski definition) is 1. The summed E-state index contributed by atoms with van der Waals surface area (Å²) in [6, 6.07) is 16.1. The van der Waals surface area contributed by atoms with Crippen LogP contribution in [-0.4, -0.2) is 11.3 Å². The highest BCUT2D eigenvalue weighted by atomic mass is 19.1. The molecule has 23 heavy (non-hydrogen) atoms. The quantitative estimate of drug-likeness (QED) is 0.641. The van der Waals surface area contributed by atoms with E-state index in [1.807, 2.05) is 44.2 Å². The van der Waals surface area contributed by atoms with Crippen molar-refractivity contribution in [2.24, 2.45) is 0 Å². The summed E-state index contributed by atoms with van der Waals surface area (Å²) in [5.41, 5.74) is 5.12. The van der Waals surface area contributed by atoms with Gasteiger partial charge in [-0.25, -0.2) is 4.39 Å². The Morgan fingerprint density at radius 2 is 1.61 bits per heavy atom. The standard InChI is InChI=1S/C20H18FNO/c1-13(2)19-17(12-23)18(14-6-4-3-5-7-14)20(22-19)15-8-10-16(21)11-9-15/h3-13,22H,1-2H3. The third kappa shape index (κ3) is 2.82. The van der Waals surface area contributed by atoms with Crippen LogP contribution in [0.5, 0.6) is 0 Å². The largest absolute Gasteiger partial charge is 0.357 e. The van der Waals surface area contributed by atoms with E-state index in [0.29, 0.717) is 5.56 Å². The van der Waals surface area contributed by atoms with Gasteiger partial charge in [-0.15, -0.1) is 0 Å². The lowest BCUT2D eigenvalue weighted by atomic mass is 9.96. The number of halogens is 1. The van der Waals surface area contributed by atoms with E-state index < -0.39 is 0 Å². The minimum atomic E-state index is -0.277. The zero-order valence-electron chi connectivity index (χ0n) is 13.1. The Morgan fingerprint density at radius 1 is 0.957 bits per heavy atom. The Bertz CT molecular complexity index is 817. The summed E-state index contributed by atoms with van der Waals surface area (Å²) >= 11 is 0. The molecular weight excluding hydrogens is 289 g/mol. The summed E-state index contributed by atoms with van der Waals surface area (Å²) in [4.78, 5) is 15.1. The first-order valence-electron chi connectivity index (χ1n) is 7.64. The molecule has 3 aromatic rings. The number of benzene rings is 2. The molecule has 0 spiro atoms. The Hall–Kier alpha value is -2.68. The molecule has 0 saturated carbocycles. The zero-order valence-corrected chi connectivity index (χ0v) is 13.1. The van der Waals surface area contributed by atoms with Gasteiger partial charge in [0.15, 0.2) is 6.29 Å². The Morgan fingerprint density at radius 3 is 2.17 bits per heavy atom. The van der Waals surface area contributed by atoms with Crippen LogP contribution in [0.4, 0.5) is 4.39 Å². The van der Waals surface area contributed by atoms with Crippen molar-refractivity contribution >= 4 is 6.29 Å². The van der Waals surface area contributed by atoms with Gasteiger partial charge in [-0.3, -0.25) is 4.79 Å². The number of rotatable bonds is 4. The van der Waals surface area contributed by atoms with Crippen molar-refractivity contribution in [3.05, 3.63) is 71.7 Å². The number of aldehydes is 1. The summed E-state index contributed by atoms with van der Waals surface area (Å²) in [7, 11) is 0. The van der Waals surface area contributed by atoms with E-state index in [4.69, 9.17) is 0 Å². The van der Waals surface area contributed by atoms with Gasteiger partial charge >= 0.3 is 0 Å². The first-order valence-corrected chi connectivity index (χ1v) is 7.64. The molecule has 0 unspecified atom stereocenters. The van der Waals surface area contributed by atoms with Gasteiger partial charge in [-0.05, 0) is 41.3 Å². The molecule has 1 heterocycles. The molecule has 0 radical (unpaired) electrons. The van der Waals surface area contributed by atoms with Crippen molar-refractivity contribution in [2.45, 2.75) is 19.8 Å². The average Bonchev–Trinajstić information content (AvgIpc) is 2.96. The van der Waals surface area contributed by atoms with Gasteiger partial charge < -0.3 is 4.98 Å². The Kier molecular flexibility index (Phi) is 4.11. The first-order chi connectivity index (χ1) is 11.1. The summed E-state index contributed by atoms with van der Waals surface area (Å²) in [6.45, 7) is 4.09. The lowest BCUT2D eigenvalue weighted by Gasteiger charge is -2.06.